The van der Waals surface area contributed by atoms with Gasteiger partial charge in [-0.3, -0.25) is 14.2 Å². The summed E-state index contributed by atoms with van der Waals surface area (Å²) in [5.74, 6) is -0.390. The summed E-state index contributed by atoms with van der Waals surface area (Å²) in [5, 5.41) is 1.91. The van der Waals surface area contributed by atoms with E-state index >= 15 is 4.39 Å². The topological polar surface area (TPSA) is 78.6 Å². The number of ether oxygens (including phenoxy) is 2. The molecule has 8 nitrogen and oxygen atoms in total. The molecule has 41 heavy (non-hydrogen) atoms. The van der Waals surface area contributed by atoms with Crippen LogP contribution in [-0.2, 0) is 4.74 Å². The van der Waals surface area contributed by atoms with Gasteiger partial charge in [-0.1, -0.05) is 36.4 Å². The van der Waals surface area contributed by atoms with E-state index in [1.807, 2.05) is 66.1 Å². The predicted octanol–water partition coefficient (Wildman–Crippen LogP) is 5.51. The fraction of sp³-hybridized carbons (Fsp3) is 0.156. The highest BCUT2D eigenvalue weighted by Gasteiger charge is 2.32. The minimum absolute atomic E-state index is 0.0261. The van der Waals surface area contributed by atoms with Gasteiger partial charge in [0.2, 0.25) is 5.43 Å². The molecule has 1 fully saturated rings. The van der Waals surface area contributed by atoms with Crippen LogP contribution in [0, 0.1) is 12.7 Å². The number of morpholine rings is 1. The SMILES string of the molecule is Cc1ccc2c(c1)ncn2-c1c(F)cc2c(=O)c(C(=O)N3CCOCC3)cn3c2c1Oc1ccc2ccccc2c1-3. The van der Waals surface area contributed by atoms with Crippen LogP contribution in [0.25, 0.3) is 44.1 Å². The number of benzene rings is 4. The molecule has 2 aliphatic rings. The molecule has 0 unspecified atom stereocenters. The van der Waals surface area contributed by atoms with Crippen LogP contribution >= 0.6 is 0 Å². The summed E-state index contributed by atoms with van der Waals surface area (Å²) < 4.78 is 31.5. The number of aryl methyl sites for hydroxylation is 1. The van der Waals surface area contributed by atoms with Gasteiger partial charge in [0.1, 0.15) is 23.1 Å². The lowest BCUT2D eigenvalue weighted by Gasteiger charge is -2.29. The lowest BCUT2D eigenvalue weighted by molar-refractivity contribution is 0.0302. The predicted molar refractivity (Wildman–Crippen MR) is 153 cm³/mol. The molecule has 8 rings (SSSR count). The molecular weight excluding hydrogens is 523 g/mol. The van der Waals surface area contributed by atoms with Crippen molar-refractivity contribution in [2.45, 2.75) is 6.92 Å². The van der Waals surface area contributed by atoms with Gasteiger partial charge in [0.25, 0.3) is 5.91 Å². The van der Waals surface area contributed by atoms with Gasteiger partial charge in [-0.2, -0.15) is 0 Å². The molecule has 4 aromatic carbocycles. The largest absolute Gasteiger partial charge is 0.451 e. The average Bonchev–Trinajstić information content (AvgIpc) is 3.40. The van der Waals surface area contributed by atoms with Crippen molar-refractivity contribution in [2.24, 2.45) is 0 Å². The second kappa shape index (κ2) is 8.74. The van der Waals surface area contributed by atoms with E-state index in [1.165, 1.54) is 6.07 Å². The third kappa shape index (κ3) is 3.45. The number of hydrogen-bond acceptors (Lipinski definition) is 5. The van der Waals surface area contributed by atoms with Crippen LogP contribution in [0.2, 0.25) is 0 Å². The van der Waals surface area contributed by atoms with E-state index in [9.17, 15) is 9.59 Å². The van der Waals surface area contributed by atoms with Crippen molar-refractivity contribution in [1.82, 2.24) is 19.0 Å². The fourth-order valence-corrected chi connectivity index (χ4v) is 5.98. The van der Waals surface area contributed by atoms with E-state index in [0.29, 0.717) is 54.3 Å². The summed E-state index contributed by atoms with van der Waals surface area (Å²) >= 11 is 0. The van der Waals surface area contributed by atoms with Gasteiger partial charge in [0, 0.05) is 24.7 Å². The highest BCUT2D eigenvalue weighted by Crippen LogP contribution is 2.47. The van der Waals surface area contributed by atoms with E-state index in [1.54, 1.807) is 22.0 Å². The Morgan fingerprint density at radius 2 is 1.78 bits per heavy atom. The summed E-state index contributed by atoms with van der Waals surface area (Å²) in [6, 6.07) is 18.5. The number of imidazole rings is 1. The Morgan fingerprint density at radius 1 is 0.951 bits per heavy atom. The molecule has 0 N–H and O–H groups in total. The van der Waals surface area contributed by atoms with Crippen LogP contribution in [-0.4, -0.2) is 51.2 Å². The number of rotatable bonds is 2. The molecular formula is C32H23FN4O4. The highest BCUT2D eigenvalue weighted by atomic mass is 19.1. The van der Waals surface area contributed by atoms with Gasteiger partial charge >= 0.3 is 0 Å². The zero-order chi connectivity index (χ0) is 27.8. The summed E-state index contributed by atoms with van der Waals surface area (Å²) in [7, 11) is 0. The number of amides is 1. The Bertz CT molecular complexity index is 2140. The molecule has 1 saturated heterocycles. The number of carbonyl (C=O) groups excluding carboxylic acids is 1. The fourth-order valence-electron chi connectivity index (χ4n) is 5.98. The number of carbonyl (C=O) groups is 1. The van der Waals surface area contributed by atoms with Gasteiger partial charge in [-0.05, 0) is 42.1 Å². The van der Waals surface area contributed by atoms with E-state index in [-0.39, 0.29) is 22.4 Å². The molecule has 0 radical (unpaired) electrons. The molecule has 0 bridgehead atoms. The summed E-state index contributed by atoms with van der Waals surface area (Å²) in [6.07, 6.45) is 3.14. The third-order valence-corrected chi connectivity index (χ3v) is 7.96. The third-order valence-electron chi connectivity index (χ3n) is 7.96. The maximum Gasteiger partial charge on any atom is 0.259 e. The summed E-state index contributed by atoms with van der Waals surface area (Å²) in [6.45, 7) is 3.53. The first-order chi connectivity index (χ1) is 20.0. The maximum absolute atomic E-state index is 16.2. The quantitative estimate of drug-likeness (QED) is 0.286. The van der Waals surface area contributed by atoms with Crippen LogP contribution in [0.4, 0.5) is 4.39 Å². The van der Waals surface area contributed by atoms with Crippen molar-refractivity contribution in [3.05, 3.63) is 100 Å². The Kier molecular flexibility index (Phi) is 5.08. The molecule has 0 spiro atoms. The van der Waals surface area contributed by atoms with Crippen molar-refractivity contribution in [2.75, 3.05) is 26.3 Å². The van der Waals surface area contributed by atoms with Crippen molar-refractivity contribution in [1.29, 1.82) is 0 Å². The molecule has 9 heteroatoms. The molecule has 2 aliphatic heterocycles. The number of nitrogens with zero attached hydrogens (tertiary/aromatic N) is 4. The van der Waals surface area contributed by atoms with Crippen LogP contribution in [0.3, 0.4) is 0 Å². The Labute approximate surface area is 232 Å². The number of fused-ring (bicyclic) bond motifs is 5. The first-order valence-electron chi connectivity index (χ1n) is 13.4. The first-order valence-corrected chi connectivity index (χ1v) is 13.4. The van der Waals surface area contributed by atoms with E-state index in [0.717, 1.165) is 16.3 Å². The van der Waals surface area contributed by atoms with Crippen LogP contribution in [0.1, 0.15) is 15.9 Å². The number of halogens is 1. The van der Waals surface area contributed by atoms with Crippen LogP contribution in [0.5, 0.6) is 11.5 Å². The van der Waals surface area contributed by atoms with Gasteiger partial charge in [0.05, 0.1) is 35.3 Å². The monoisotopic (exact) mass is 546 g/mol. The van der Waals surface area contributed by atoms with E-state index < -0.39 is 17.2 Å². The van der Waals surface area contributed by atoms with Crippen LogP contribution in [0.15, 0.2) is 78.0 Å². The standard InChI is InChI=1S/C32H23FN4O4/c1-18-6-8-25-24(14-18)34-17-37(25)29-23(33)15-21-28-31(29)41-26-9-7-19-4-2-3-5-20(19)27(26)36(28)16-22(30(21)38)32(39)35-10-12-40-13-11-35/h2-9,14-17H,10-13H2,1H3. The van der Waals surface area contributed by atoms with Crippen molar-refractivity contribution in [3.8, 4) is 22.9 Å². The zero-order valence-electron chi connectivity index (χ0n) is 22.1. The Balaban J connectivity index is 1.48. The molecule has 0 aliphatic carbocycles. The zero-order valence-corrected chi connectivity index (χ0v) is 22.1. The van der Waals surface area contributed by atoms with E-state index in [4.69, 9.17) is 9.47 Å². The number of aromatic nitrogens is 3. The van der Waals surface area contributed by atoms with Gasteiger partial charge in [-0.15, -0.1) is 0 Å². The smallest absolute Gasteiger partial charge is 0.259 e. The molecule has 0 atom stereocenters. The lowest BCUT2D eigenvalue weighted by Crippen LogP contribution is -2.42. The van der Waals surface area contributed by atoms with Crippen molar-refractivity contribution < 1.29 is 18.7 Å². The molecule has 1 amide bonds. The summed E-state index contributed by atoms with van der Waals surface area (Å²) in [5.41, 5.74) is 3.09. The Hall–Kier alpha value is -5.02. The highest BCUT2D eigenvalue weighted by molar-refractivity contribution is 6.03. The van der Waals surface area contributed by atoms with Gasteiger partial charge < -0.3 is 18.9 Å². The normalized spacial score (nSPS) is 14.4. The second-order valence-corrected chi connectivity index (χ2v) is 10.4. The van der Waals surface area contributed by atoms with Crippen molar-refractivity contribution >= 4 is 38.6 Å². The van der Waals surface area contributed by atoms with Crippen molar-refractivity contribution in [3.63, 3.8) is 0 Å². The average molecular weight is 547 g/mol. The lowest BCUT2D eigenvalue weighted by atomic mass is 10.0. The van der Waals surface area contributed by atoms with E-state index in [2.05, 4.69) is 4.98 Å². The summed E-state index contributed by atoms with van der Waals surface area (Å²) in [4.78, 5) is 33.6. The number of pyridine rings is 1. The second-order valence-electron chi connectivity index (χ2n) is 10.4. The minimum atomic E-state index is -0.656. The first kappa shape index (κ1) is 23.8. The number of hydrogen-bond donors (Lipinski definition) is 0. The molecule has 2 aromatic heterocycles. The molecule has 6 aromatic rings. The molecule has 4 heterocycles. The minimum Gasteiger partial charge on any atom is -0.451 e. The molecule has 0 saturated carbocycles. The van der Waals surface area contributed by atoms with Gasteiger partial charge in [0.15, 0.2) is 17.3 Å². The van der Waals surface area contributed by atoms with Gasteiger partial charge in [-0.25, -0.2) is 9.37 Å². The Morgan fingerprint density at radius 3 is 2.63 bits per heavy atom. The molecule has 202 valence electrons. The maximum atomic E-state index is 16.2. The van der Waals surface area contributed by atoms with Crippen LogP contribution < -0.4 is 10.2 Å².